The Hall–Kier alpha value is -1.55. The molecule has 1 amide bonds. The van der Waals surface area contributed by atoms with Crippen molar-refractivity contribution in [2.75, 3.05) is 0 Å². The van der Waals surface area contributed by atoms with Crippen LogP contribution in [0.5, 0.6) is 0 Å². The van der Waals surface area contributed by atoms with Crippen LogP contribution in [0, 0.1) is 0 Å². The van der Waals surface area contributed by atoms with Crippen molar-refractivity contribution in [3.63, 3.8) is 0 Å². The Morgan fingerprint density at radius 1 is 1.32 bits per heavy atom. The first-order valence-corrected chi connectivity index (χ1v) is 6.45. The topological polar surface area (TPSA) is 72.5 Å². The second-order valence-corrected chi connectivity index (χ2v) is 5.29. The second-order valence-electron chi connectivity index (χ2n) is 5.29. The molecule has 0 radical (unpaired) electrons. The standard InChI is InChI=1S/C10H14O.C5H11NO2/c1-2-10(11)8-9-6-4-3-5-7-9;1-5(2,3)8-4(6)7/h3-7,10-11H,2,8H2,1H3;1-3H3,(H2,6,7)/t10-;/m0./s1. The number of hydrogen-bond donors (Lipinski definition) is 2. The van der Waals surface area contributed by atoms with E-state index in [1.54, 1.807) is 20.8 Å². The van der Waals surface area contributed by atoms with E-state index in [1.807, 2.05) is 37.3 Å². The Labute approximate surface area is 115 Å². The van der Waals surface area contributed by atoms with Crippen LogP contribution in [0.3, 0.4) is 0 Å². The molecule has 0 fully saturated rings. The van der Waals surface area contributed by atoms with Gasteiger partial charge in [0.25, 0.3) is 0 Å². The van der Waals surface area contributed by atoms with Crippen molar-refractivity contribution in [2.45, 2.75) is 52.2 Å². The normalized spacial score (nSPS) is 12.1. The minimum absolute atomic E-state index is 0.183. The molecule has 108 valence electrons. The molecule has 0 unspecified atom stereocenters. The summed E-state index contributed by atoms with van der Waals surface area (Å²) in [6.07, 6.45) is 0.696. The number of aliphatic hydroxyl groups excluding tert-OH is 1. The van der Waals surface area contributed by atoms with Gasteiger partial charge in [-0.2, -0.15) is 0 Å². The number of amides is 1. The predicted molar refractivity (Wildman–Crippen MR) is 76.9 cm³/mol. The number of carbonyl (C=O) groups excluding carboxylic acids is 1. The Morgan fingerprint density at radius 2 is 1.84 bits per heavy atom. The summed E-state index contributed by atoms with van der Waals surface area (Å²) in [5.41, 5.74) is 5.47. The molecule has 0 spiro atoms. The Kier molecular flexibility index (Phi) is 7.84. The van der Waals surface area contributed by atoms with Crippen molar-refractivity contribution in [3.8, 4) is 0 Å². The number of ether oxygens (including phenoxy) is 1. The van der Waals surface area contributed by atoms with Gasteiger partial charge in [-0.3, -0.25) is 0 Å². The van der Waals surface area contributed by atoms with Crippen molar-refractivity contribution in [1.82, 2.24) is 0 Å². The molecule has 0 saturated heterocycles. The number of carbonyl (C=O) groups is 1. The van der Waals surface area contributed by atoms with E-state index in [4.69, 9.17) is 5.73 Å². The summed E-state index contributed by atoms with van der Waals surface area (Å²) in [6, 6.07) is 10.1. The minimum atomic E-state index is -0.725. The highest BCUT2D eigenvalue weighted by Gasteiger charge is 2.12. The first kappa shape index (κ1) is 17.4. The SMILES string of the molecule is CC(C)(C)OC(N)=O.CC[C@H](O)Cc1ccccc1. The van der Waals surface area contributed by atoms with Gasteiger partial charge in [0, 0.05) is 0 Å². The van der Waals surface area contributed by atoms with Crippen LogP contribution in [0.2, 0.25) is 0 Å². The van der Waals surface area contributed by atoms with Crippen molar-refractivity contribution in [3.05, 3.63) is 35.9 Å². The molecule has 1 atom stereocenters. The fourth-order valence-corrected chi connectivity index (χ4v) is 1.33. The first-order valence-electron chi connectivity index (χ1n) is 6.45. The number of primary amides is 1. The van der Waals surface area contributed by atoms with Crippen molar-refractivity contribution in [2.24, 2.45) is 5.73 Å². The van der Waals surface area contributed by atoms with E-state index in [1.165, 1.54) is 5.56 Å². The first-order chi connectivity index (χ1) is 8.74. The van der Waals surface area contributed by atoms with Crippen LogP contribution in [0.4, 0.5) is 4.79 Å². The Morgan fingerprint density at radius 3 is 2.16 bits per heavy atom. The van der Waals surface area contributed by atoms with Gasteiger partial charge < -0.3 is 15.6 Å². The fourth-order valence-electron chi connectivity index (χ4n) is 1.33. The maximum atomic E-state index is 10.0. The third-order valence-electron chi connectivity index (χ3n) is 2.19. The molecule has 0 aromatic heterocycles. The lowest BCUT2D eigenvalue weighted by molar-refractivity contribution is 0.0600. The molecule has 0 heterocycles. The lowest BCUT2D eigenvalue weighted by Gasteiger charge is -2.16. The molecule has 4 heteroatoms. The number of nitrogens with two attached hydrogens (primary N) is 1. The monoisotopic (exact) mass is 267 g/mol. The van der Waals surface area contributed by atoms with E-state index < -0.39 is 11.7 Å². The summed E-state index contributed by atoms with van der Waals surface area (Å²) >= 11 is 0. The van der Waals surface area contributed by atoms with Crippen molar-refractivity contribution < 1.29 is 14.6 Å². The van der Waals surface area contributed by atoms with E-state index >= 15 is 0 Å². The van der Waals surface area contributed by atoms with Gasteiger partial charge in [0.1, 0.15) is 5.60 Å². The molecular formula is C15H25NO3. The zero-order valence-electron chi connectivity index (χ0n) is 12.2. The van der Waals surface area contributed by atoms with Crippen LogP contribution >= 0.6 is 0 Å². The van der Waals surface area contributed by atoms with Crippen LogP contribution in [-0.2, 0) is 11.2 Å². The van der Waals surface area contributed by atoms with Gasteiger partial charge in [-0.05, 0) is 39.2 Å². The molecule has 19 heavy (non-hydrogen) atoms. The Balaban J connectivity index is 0.000000362. The summed E-state index contributed by atoms with van der Waals surface area (Å²) in [5.74, 6) is 0. The number of aliphatic hydroxyl groups is 1. The van der Waals surface area contributed by atoms with Crippen LogP contribution in [0.1, 0.15) is 39.7 Å². The van der Waals surface area contributed by atoms with Gasteiger partial charge in [0.05, 0.1) is 6.10 Å². The lowest BCUT2D eigenvalue weighted by atomic mass is 10.1. The predicted octanol–water partition coefficient (Wildman–Crippen LogP) is 2.88. The largest absolute Gasteiger partial charge is 0.444 e. The van der Waals surface area contributed by atoms with Gasteiger partial charge in [0.15, 0.2) is 0 Å². The summed E-state index contributed by atoms with van der Waals surface area (Å²) in [6.45, 7) is 7.28. The average molecular weight is 267 g/mol. The summed E-state index contributed by atoms with van der Waals surface area (Å²) in [5, 5.41) is 9.31. The van der Waals surface area contributed by atoms with Crippen LogP contribution in [0.25, 0.3) is 0 Å². The average Bonchev–Trinajstić information content (AvgIpc) is 2.27. The molecule has 0 aliphatic carbocycles. The quantitative estimate of drug-likeness (QED) is 0.884. The zero-order valence-corrected chi connectivity index (χ0v) is 12.2. The molecule has 1 aromatic carbocycles. The highest BCUT2D eigenvalue weighted by atomic mass is 16.6. The van der Waals surface area contributed by atoms with Crippen LogP contribution in [-0.4, -0.2) is 22.9 Å². The second kappa shape index (κ2) is 8.53. The van der Waals surface area contributed by atoms with E-state index in [0.29, 0.717) is 0 Å². The maximum absolute atomic E-state index is 10.0. The highest BCUT2D eigenvalue weighted by molar-refractivity contribution is 5.65. The molecule has 3 N–H and O–H groups in total. The van der Waals surface area contributed by atoms with Gasteiger partial charge >= 0.3 is 6.09 Å². The van der Waals surface area contributed by atoms with Gasteiger partial charge in [-0.15, -0.1) is 0 Å². The third-order valence-corrected chi connectivity index (χ3v) is 2.19. The van der Waals surface area contributed by atoms with Gasteiger partial charge in [0.2, 0.25) is 0 Å². The molecule has 0 bridgehead atoms. The molecule has 0 aliphatic heterocycles. The van der Waals surface area contributed by atoms with Crippen molar-refractivity contribution in [1.29, 1.82) is 0 Å². The molecule has 0 aliphatic rings. The van der Waals surface area contributed by atoms with E-state index in [9.17, 15) is 9.90 Å². The molecule has 1 aromatic rings. The summed E-state index contributed by atoms with van der Waals surface area (Å²) < 4.78 is 4.58. The van der Waals surface area contributed by atoms with Gasteiger partial charge in [-0.25, -0.2) is 4.79 Å². The van der Waals surface area contributed by atoms with Crippen molar-refractivity contribution >= 4 is 6.09 Å². The Bertz CT molecular complexity index is 357. The van der Waals surface area contributed by atoms with E-state index in [2.05, 4.69) is 4.74 Å². The highest BCUT2D eigenvalue weighted by Crippen LogP contribution is 2.05. The molecule has 4 nitrogen and oxygen atoms in total. The number of benzene rings is 1. The molecule has 1 rings (SSSR count). The third kappa shape index (κ3) is 11.3. The summed E-state index contributed by atoms with van der Waals surface area (Å²) in [7, 11) is 0. The van der Waals surface area contributed by atoms with E-state index in [0.717, 1.165) is 12.8 Å². The van der Waals surface area contributed by atoms with Gasteiger partial charge in [-0.1, -0.05) is 37.3 Å². The van der Waals surface area contributed by atoms with E-state index in [-0.39, 0.29) is 6.10 Å². The van der Waals surface area contributed by atoms with Crippen LogP contribution < -0.4 is 5.73 Å². The summed E-state index contributed by atoms with van der Waals surface area (Å²) in [4.78, 5) is 10.0. The number of rotatable bonds is 3. The minimum Gasteiger partial charge on any atom is -0.444 e. The molecule has 0 saturated carbocycles. The smallest absolute Gasteiger partial charge is 0.405 e. The lowest BCUT2D eigenvalue weighted by Crippen LogP contribution is -2.27. The maximum Gasteiger partial charge on any atom is 0.405 e. The fraction of sp³-hybridized carbons (Fsp3) is 0.533. The zero-order chi connectivity index (χ0) is 14.9. The number of hydrogen-bond acceptors (Lipinski definition) is 3. The molecular weight excluding hydrogens is 242 g/mol. The van der Waals surface area contributed by atoms with Crippen LogP contribution in [0.15, 0.2) is 30.3 Å².